The summed E-state index contributed by atoms with van der Waals surface area (Å²) in [6.45, 7) is 11.9. The van der Waals surface area contributed by atoms with Gasteiger partial charge in [0.1, 0.15) is 17.8 Å². The predicted molar refractivity (Wildman–Crippen MR) is 283 cm³/mol. The van der Waals surface area contributed by atoms with Crippen molar-refractivity contribution in [2.24, 2.45) is 16.7 Å². The highest BCUT2D eigenvalue weighted by molar-refractivity contribution is 7.13. The molecule has 3 amide bonds. The van der Waals surface area contributed by atoms with Gasteiger partial charge in [-0.1, -0.05) is 51.1 Å². The van der Waals surface area contributed by atoms with E-state index in [0.717, 1.165) is 105 Å². The van der Waals surface area contributed by atoms with Crippen molar-refractivity contribution in [3.63, 3.8) is 0 Å². The second kappa shape index (κ2) is 19.6. The molecule has 7 heterocycles. The summed E-state index contributed by atoms with van der Waals surface area (Å²) in [6, 6.07) is 22.0. The van der Waals surface area contributed by atoms with Crippen LogP contribution in [0.1, 0.15) is 101 Å². The molecule has 1 spiro atoms. The Bertz CT molecular complexity index is 2820. The molecule has 2 unspecified atom stereocenters. The van der Waals surface area contributed by atoms with Crippen molar-refractivity contribution < 1.29 is 24.6 Å². The van der Waals surface area contributed by atoms with Crippen molar-refractivity contribution >= 4 is 46.3 Å². The van der Waals surface area contributed by atoms with Gasteiger partial charge in [0, 0.05) is 74.1 Å². The first kappa shape index (κ1) is 49.1. The molecular weight excluding hydrogens is 939 g/mol. The molecule has 5 atom stereocenters. The quantitative estimate of drug-likeness (QED) is 0.0888. The number of nitrogens with zero attached hydrogens (tertiary/aromatic N) is 8. The number of amides is 3. The number of rotatable bonds is 12. The van der Waals surface area contributed by atoms with E-state index < -0.39 is 23.6 Å². The van der Waals surface area contributed by atoms with E-state index in [1.54, 1.807) is 23.8 Å². The average molecular weight is 1010 g/mol. The number of nitrogens with one attached hydrogen (secondary N) is 2. The Labute approximate surface area is 431 Å². The molecule has 3 aromatic heterocycles. The average Bonchev–Trinajstić information content (AvgIpc) is 4.05. The van der Waals surface area contributed by atoms with Crippen LogP contribution in [-0.4, -0.2) is 127 Å². The van der Waals surface area contributed by atoms with Gasteiger partial charge in [0.2, 0.25) is 17.7 Å². The molecule has 2 bridgehead atoms. The van der Waals surface area contributed by atoms with E-state index >= 15 is 0 Å². The fraction of sp³-hybridized carbons (Fsp3) is 0.518. The van der Waals surface area contributed by atoms with Gasteiger partial charge in [-0.25, -0.2) is 4.98 Å². The highest BCUT2D eigenvalue weighted by Gasteiger charge is 2.57. The molecule has 73 heavy (non-hydrogen) atoms. The fourth-order valence-corrected chi connectivity index (χ4v) is 13.9. The third kappa shape index (κ3) is 9.75. The molecule has 6 N–H and O–H groups in total. The predicted octanol–water partition coefficient (Wildman–Crippen LogP) is 6.66. The summed E-state index contributed by atoms with van der Waals surface area (Å²) < 4.78 is 0. The number of nitrogens with two attached hydrogens (primary N) is 1. The van der Waals surface area contributed by atoms with Gasteiger partial charge >= 0.3 is 0 Å². The van der Waals surface area contributed by atoms with Crippen LogP contribution in [0.3, 0.4) is 0 Å². The van der Waals surface area contributed by atoms with Gasteiger partial charge in [-0.2, -0.15) is 0 Å². The zero-order valence-corrected chi connectivity index (χ0v) is 43.2. The molecule has 2 saturated carbocycles. The van der Waals surface area contributed by atoms with Gasteiger partial charge < -0.3 is 46.2 Å². The number of piperazine rings is 1. The largest absolute Gasteiger partial charge is 0.507 e. The van der Waals surface area contributed by atoms with Crippen molar-refractivity contribution in [3.8, 4) is 27.6 Å². The summed E-state index contributed by atoms with van der Waals surface area (Å²) >= 11 is 1.53. The lowest BCUT2D eigenvalue weighted by molar-refractivity contribution is -0.150. The minimum absolute atomic E-state index is 0.0376. The number of aliphatic hydroxyl groups excluding tert-OH is 1. The molecule has 6 aliphatic rings. The number of anilines is 3. The molecule has 384 valence electrons. The standard InChI is InChI=1S/C56H69N11O5S/c1-33-49(73-32-60-33)44-16-9-34(27-58-44)28-59-53(71)47-21-42(68)31-66(47)54(72)50(55(2,3)4)61-52(70)37-23-56(24-37)25-41(26-56)64-19-17-36(18-20-64)35-10-12-38(13-11-35)67-39-14-15-40(67)30-65(29-39)46-22-45(62-63-51(46)57)43-7-5-6-8-48(43)69/h5-13,16,22,27,32,36-37,39-42,47,50,68-69H,14-15,17-21,23-26,28-31H2,1-4H3,(H2,57,63)(H,59,71)(H,61,70)/t37-,39?,40?,41-,42-,47+,50-,56?/m1/s1. The number of fused-ring (bicyclic) bond motifs is 2. The minimum Gasteiger partial charge on any atom is -0.507 e. The van der Waals surface area contributed by atoms with Crippen molar-refractivity contribution in [2.45, 2.75) is 134 Å². The number of carbonyl (C=O) groups is 3. The SMILES string of the molecule is Cc1ncsc1-c1ccc(CNC(=O)[C@@H]2C[C@@H](O)CN2C(=O)[C@@H](NC(=O)[C@H]2CC3(C2)C[C@H](N2CCC(c4ccc(N5C6CCC5CN(c5cc(-c7ccccc7O)nnc5N)C6)cc4)CC2)C3)C(C)(C)C)cn1. The molecule has 2 aliphatic carbocycles. The van der Waals surface area contributed by atoms with E-state index in [1.165, 1.54) is 27.5 Å². The number of β-amino-alcohol motifs (C(OH)–C–C–N with tert-alkyl or cyclic N) is 1. The van der Waals surface area contributed by atoms with Gasteiger partial charge in [-0.3, -0.25) is 19.4 Å². The minimum atomic E-state index is -0.846. The number of aryl methyl sites for hydroxylation is 1. The molecular formula is C56H69N11O5S. The molecule has 0 radical (unpaired) electrons. The number of thiazole rings is 1. The first-order valence-corrected chi connectivity index (χ1v) is 27.2. The Morgan fingerprint density at radius 1 is 0.863 bits per heavy atom. The Balaban J connectivity index is 0.631. The zero-order valence-electron chi connectivity index (χ0n) is 42.4. The number of hydrogen-bond acceptors (Lipinski definition) is 14. The van der Waals surface area contributed by atoms with E-state index in [9.17, 15) is 24.6 Å². The summed E-state index contributed by atoms with van der Waals surface area (Å²) in [4.78, 5) is 60.7. The van der Waals surface area contributed by atoms with Gasteiger partial charge in [0.15, 0.2) is 5.82 Å². The molecule has 2 aromatic carbocycles. The summed E-state index contributed by atoms with van der Waals surface area (Å²) in [5.74, 6) is 0.208. The summed E-state index contributed by atoms with van der Waals surface area (Å²) in [5, 5.41) is 35.9. The van der Waals surface area contributed by atoms with E-state index in [-0.39, 0.29) is 54.3 Å². The van der Waals surface area contributed by atoms with Crippen LogP contribution in [-0.2, 0) is 20.9 Å². The summed E-state index contributed by atoms with van der Waals surface area (Å²) in [7, 11) is 0. The number of carbonyl (C=O) groups excluding carboxylic acids is 3. The zero-order chi connectivity index (χ0) is 50.8. The van der Waals surface area contributed by atoms with Crippen molar-refractivity contribution in [1.29, 1.82) is 0 Å². The number of aromatic hydroxyl groups is 1. The van der Waals surface area contributed by atoms with Crippen LogP contribution in [0.5, 0.6) is 5.75 Å². The summed E-state index contributed by atoms with van der Waals surface area (Å²) in [5.41, 5.74) is 15.2. The fourth-order valence-electron chi connectivity index (χ4n) is 13.1. The molecule has 5 aromatic rings. The molecule has 17 heteroatoms. The van der Waals surface area contributed by atoms with Crippen LogP contribution >= 0.6 is 11.3 Å². The molecule has 11 rings (SSSR count). The maximum absolute atomic E-state index is 14.3. The Morgan fingerprint density at radius 3 is 2.25 bits per heavy atom. The number of benzene rings is 2. The number of hydrogen-bond donors (Lipinski definition) is 5. The lowest BCUT2D eigenvalue weighted by Gasteiger charge is -2.60. The van der Waals surface area contributed by atoms with Crippen LogP contribution in [0.4, 0.5) is 17.2 Å². The Hall–Kier alpha value is -6.17. The van der Waals surface area contributed by atoms with E-state index in [2.05, 4.69) is 69.8 Å². The topological polar surface area (TPSA) is 206 Å². The van der Waals surface area contributed by atoms with Gasteiger partial charge in [0.25, 0.3) is 0 Å². The first-order valence-electron chi connectivity index (χ1n) is 26.3. The number of likely N-dealkylation sites (tertiary alicyclic amines) is 2. The third-order valence-electron chi connectivity index (χ3n) is 17.1. The summed E-state index contributed by atoms with van der Waals surface area (Å²) in [6.07, 6.45) is 9.46. The molecule has 16 nitrogen and oxygen atoms in total. The van der Waals surface area contributed by atoms with Gasteiger partial charge in [0.05, 0.1) is 39.3 Å². The second-order valence-electron chi connectivity index (χ2n) is 23.0. The molecule has 6 fully saturated rings. The number of phenols is 1. The first-order chi connectivity index (χ1) is 35.1. The van der Waals surface area contributed by atoms with E-state index in [0.29, 0.717) is 41.1 Å². The smallest absolute Gasteiger partial charge is 0.246 e. The third-order valence-corrected chi connectivity index (χ3v) is 18.1. The van der Waals surface area contributed by atoms with Crippen molar-refractivity contribution in [3.05, 3.63) is 95.3 Å². The van der Waals surface area contributed by atoms with Crippen LogP contribution in [0.2, 0.25) is 0 Å². The lowest BCUT2D eigenvalue weighted by atomic mass is 9.49. The van der Waals surface area contributed by atoms with E-state index in [1.807, 2.05) is 58.0 Å². The highest BCUT2D eigenvalue weighted by atomic mass is 32.1. The van der Waals surface area contributed by atoms with Crippen molar-refractivity contribution in [2.75, 3.05) is 48.3 Å². The van der Waals surface area contributed by atoms with Crippen molar-refractivity contribution in [1.82, 2.24) is 40.6 Å². The number of nitrogen functional groups attached to an aromatic ring is 1. The van der Waals surface area contributed by atoms with Crippen LogP contribution in [0, 0.1) is 23.7 Å². The monoisotopic (exact) mass is 1010 g/mol. The van der Waals surface area contributed by atoms with Crippen LogP contribution in [0.25, 0.3) is 21.8 Å². The number of aromatic nitrogens is 4. The number of aliphatic hydroxyl groups is 1. The van der Waals surface area contributed by atoms with Crippen LogP contribution < -0.4 is 26.2 Å². The second-order valence-corrected chi connectivity index (χ2v) is 23.9. The number of para-hydroxylation sites is 1. The Kier molecular flexibility index (Phi) is 13.2. The Morgan fingerprint density at radius 2 is 1.59 bits per heavy atom. The van der Waals surface area contributed by atoms with Gasteiger partial charge in [-0.05, 0) is 136 Å². The normalized spacial score (nSPS) is 26.6. The molecule has 4 saturated heterocycles. The lowest BCUT2D eigenvalue weighted by Crippen LogP contribution is -2.62. The maximum atomic E-state index is 14.3. The molecule has 4 aliphatic heterocycles. The number of piperidine rings is 1. The number of pyridine rings is 1. The van der Waals surface area contributed by atoms with Gasteiger partial charge in [-0.15, -0.1) is 21.5 Å². The van der Waals surface area contributed by atoms with Crippen LogP contribution in [0.15, 0.2) is 78.4 Å². The number of phenolic OH excluding ortho intramolecular Hbond substituents is 1. The van der Waals surface area contributed by atoms with E-state index in [4.69, 9.17) is 5.73 Å². The maximum Gasteiger partial charge on any atom is 0.246 e. The highest BCUT2D eigenvalue weighted by Crippen LogP contribution is 2.60.